The lowest BCUT2D eigenvalue weighted by atomic mass is 9.96. The molecule has 40 heavy (non-hydrogen) atoms. The first-order valence-electron chi connectivity index (χ1n) is 13.4. The number of hydrogen-bond acceptors (Lipinski definition) is 4. The Bertz CT molecular complexity index is 1800. The molecule has 0 spiro atoms. The van der Waals surface area contributed by atoms with Gasteiger partial charge in [-0.1, -0.05) is 61.9 Å². The topological polar surface area (TPSA) is 90.3 Å². The average Bonchev–Trinajstić information content (AvgIpc) is 2.89. The van der Waals surface area contributed by atoms with Crippen molar-refractivity contribution in [3.05, 3.63) is 104 Å². The van der Waals surface area contributed by atoms with Gasteiger partial charge >= 0.3 is 11.1 Å². The molecule has 1 amide bonds. The zero-order valence-electron chi connectivity index (χ0n) is 23.2. The molecule has 1 fully saturated rings. The van der Waals surface area contributed by atoms with E-state index in [1.165, 1.54) is 10.6 Å². The molecule has 0 radical (unpaired) electrons. The number of amides is 1. The number of nitrogens with two attached hydrogens (primary N) is 1. The fourth-order valence-corrected chi connectivity index (χ4v) is 5.85. The minimum absolute atomic E-state index is 0.0237. The maximum absolute atomic E-state index is 14.0. The standard InChI is InChI=1S/C32H33ClN4O3/c1-6-29(38)35-15-21(16-35)17-36-27-14-25(33)23(24-12-19(4)10-11-26(24)34)13-28(27)37(32(40)31(36)39)30-20(5)8-7-9-22(30)18(2)3/h6-14,18,21H,1,15-17,34H2,2-5H3. The summed E-state index contributed by atoms with van der Waals surface area (Å²) in [6.45, 7) is 12.9. The second-order valence-corrected chi connectivity index (χ2v) is 11.4. The largest absolute Gasteiger partial charge is 0.398 e. The van der Waals surface area contributed by atoms with E-state index in [0.717, 1.165) is 22.3 Å². The van der Waals surface area contributed by atoms with Gasteiger partial charge in [0.15, 0.2) is 0 Å². The van der Waals surface area contributed by atoms with E-state index in [4.69, 9.17) is 17.3 Å². The first kappa shape index (κ1) is 27.5. The van der Waals surface area contributed by atoms with Crippen LogP contribution in [0, 0.1) is 19.8 Å². The number of nitrogens with zero attached hydrogens (tertiary/aromatic N) is 3. The number of benzene rings is 3. The average molecular weight is 557 g/mol. The molecule has 0 bridgehead atoms. The molecule has 0 aliphatic carbocycles. The van der Waals surface area contributed by atoms with Crippen LogP contribution in [0.3, 0.4) is 0 Å². The molecule has 3 aromatic carbocycles. The Morgan fingerprint density at radius 3 is 2.45 bits per heavy atom. The molecule has 206 valence electrons. The lowest BCUT2D eigenvalue weighted by Crippen LogP contribution is -2.52. The molecule has 4 aromatic rings. The maximum atomic E-state index is 14.0. The van der Waals surface area contributed by atoms with Crippen LogP contribution < -0.4 is 16.9 Å². The summed E-state index contributed by atoms with van der Waals surface area (Å²) in [5.74, 6) is -0.00879. The number of aromatic nitrogens is 2. The SMILES string of the molecule is C=CC(=O)N1CC(Cn2c(=O)c(=O)n(-c3c(C)cccc3C(C)C)c3cc(-c4cc(C)ccc4N)c(Cl)cc32)C1. The monoisotopic (exact) mass is 556 g/mol. The van der Waals surface area contributed by atoms with Gasteiger partial charge in [-0.15, -0.1) is 0 Å². The van der Waals surface area contributed by atoms with Gasteiger partial charge in [0.05, 0.1) is 21.7 Å². The van der Waals surface area contributed by atoms with Crippen LogP contribution in [0.5, 0.6) is 0 Å². The highest BCUT2D eigenvalue weighted by atomic mass is 35.5. The van der Waals surface area contributed by atoms with Crippen molar-refractivity contribution in [1.29, 1.82) is 0 Å². The molecule has 5 rings (SSSR count). The summed E-state index contributed by atoms with van der Waals surface area (Å²) in [7, 11) is 0. The van der Waals surface area contributed by atoms with Crippen LogP contribution in [0.1, 0.15) is 36.5 Å². The zero-order valence-corrected chi connectivity index (χ0v) is 24.0. The van der Waals surface area contributed by atoms with E-state index in [2.05, 4.69) is 20.4 Å². The summed E-state index contributed by atoms with van der Waals surface area (Å²) in [4.78, 5) is 41.4. The number of carbonyl (C=O) groups is 1. The normalized spacial score (nSPS) is 13.6. The summed E-state index contributed by atoms with van der Waals surface area (Å²) in [6, 6.07) is 15.3. The Kier molecular flexibility index (Phi) is 7.19. The number of aryl methyl sites for hydroxylation is 2. The highest BCUT2D eigenvalue weighted by Crippen LogP contribution is 2.37. The van der Waals surface area contributed by atoms with E-state index in [1.54, 1.807) is 15.5 Å². The second kappa shape index (κ2) is 10.5. The zero-order chi connectivity index (χ0) is 28.9. The van der Waals surface area contributed by atoms with Crippen LogP contribution in [0.2, 0.25) is 5.02 Å². The third-order valence-corrected chi connectivity index (χ3v) is 8.04. The molecular formula is C32H33ClN4O3. The summed E-state index contributed by atoms with van der Waals surface area (Å²) in [5, 5.41) is 0.425. The van der Waals surface area contributed by atoms with Crippen molar-refractivity contribution >= 4 is 34.2 Å². The molecule has 1 aliphatic heterocycles. The predicted molar refractivity (Wildman–Crippen MR) is 162 cm³/mol. The maximum Gasteiger partial charge on any atom is 0.321 e. The Balaban J connectivity index is 1.82. The smallest absolute Gasteiger partial charge is 0.321 e. The molecule has 1 aromatic heterocycles. The van der Waals surface area contributed by atoms with Crippen molar-refractivity contribution in [2.45, 2.75) is 40.2 Å². The van der Waals surface area contributed by atoms with Crippen molar-refractivity contribution in [2.75, 3.05) is 18.8 Å². The van der Waals surface area contributed by atoms with Gasteiger partial charge in [0.2, 0.25) is 5.91 Å². The predicted octanol–water partition coefficient (Wildman–Crippen LogP) is 5.44. The summed E-state index contributed by atoms with van der Waals surface area (Å²) in [5.41, 5.74) is 11.8. The van der Waals surface area contributed by atoms with Crippen molar-refractivity contribution in [1.82, 2.24) is 14.0 Å². The van der Waals surface area contributed by atoms with Crippen LogP contribution in [0.15, 0.2) is 70.8 Å². The number of rotatable bonds is 6. The second-order valence-electron chi connectivity index (χ2n) is 10.9. The van der Waals surface area contributed by atoms with Crippen molar-refractivity contribution in [3.8, 4) is 16.8 Å². The van der Waals surface area contributed by atoms with E-state index < -0.39 is 11.1 Å². The van der Waals surface area contributed by atoms with Crippen molar-refractivity contribution in [2.24, 2.45) is 5.92 Å². The minimum atomic E-state index is -0.632. The van der Waals surface area contributed by atoms with Gasteiger partial charge in [0, 0.05) is 42.4 Å². The van der Waals surface area contributed by atoms with E-state index >= 15 is 0 Å². The molecule has 7 nitrogen and oxygen atoms in total. The number of likely N-dealkylation sites (tertiary alicyclic amines) is 1. The number of hydrogen-bond donors (Lipinski definition) is 1. The van der Waals surface area contributed by atoms with Gasteiger partial charge in [0.1, 0.15) is 0 Å². The summed E-state index contributed by atoms with van der Waals surface area (Å²) >= 11 is 6.88. The van der Waals surface area contributed by atoms with Gasteiger partial charge in [-0.3, -0.25) is 19.0 Å². The Labute approximate surface area is 238 Å². The highest BCUT2D eigenvalue weighted by molar-refractivity contribution is 6.34. The lowest BCUT2D eigenvalue weighted by Gasteiger charge is -2.39. The van der Waals surface area contributed by atoms with Crippen LogP contribution in [0.4, 0.5) is 5.69 Å². The molecule has 2 heterocycles. The third-order valence-electron chi connectivity index (χ3n) is 7.72. The third kappa shape index (κ3) is 4.64. The summed E-state index contributed by atoms with van der Waals surface area (Å²) in [6.07, 6.45) is 1.28. The van der Waals surface area contributed by atoms with E-state index in [0.29, 0.717) is 52.6 Å². The Morgan fingerprint density at radius 2 is 1.77 bits per heavy atom. The van der Waals surface area contributed by atoms with E-state index in [-0.39, 0.29) is 17.7 Å². The number of halogens is 1. The number of carbonyl (C=O) groups excluding carboxylic acids is 1. The molecule has 0 saturated carbocycles. The van der Waals surface area contributed by atoms with E-state index in [9.17, 15) is 14.4 Å². The Morgan fingerprint density at radius 1 is 1.05 bits per heavy atom. The lowest BCUT2D eigenvalue weighted by molar-refractivity contribution is -0.132. The van der Waals surface area contributed by atoms with Gasteiger partial charge in [-0.2, -0.15) is 0 Å². The number of anilines is 1. The quantitative estimate of drug-likeness (QED) is 0.194. The van der Waals surface area contributed by atoms with Gasteiger partial charge in [0.25, 0.3) is 0 Å². The molecule has 0 unspecified atom stereocenters. The molecular weight excluding hydrogens is 524 g/mol. The fourth-order valence-electron chi connectivity index (χ4n) is 5.60. The first-order valence-corrected chi connectivity index (χ1v) is 13.8. The summed E-state index contributed by atoms with van der Waals surface area (Å²) < 4.78 is 3.05. The van der Waals surface area contributed by atoms with Gasteiger partial charge < -0.3 is 15.2 Å². The van der Waals surface area contributed by atoms with Crippen molar-refractivity contribution in [3.63, 3.8) is 0 Å². The number of para-hydroxylation sites is 1. The van der Waals surface area contributed by atoms with Crippen LogP contribution in [-0.2, 0) is 11.3 Å². The number of fused-ring (bicyclic) bond motifs is 1. The number of nitrogen functional groups attached to an aromatic ring is 1. The molecule has 8 heteroatoms. The highest BCUT2D eigenvalue weighted by Gasteiger charge is 2.31. The van der Waals surface area contributed by atoms with Crippen molar-refractivity contribution < 1.29 is 4.79 Å². The van der Waals surface area contributed by atoms with Crippen LogP contribution >= 0.6 is 11.6 Å². The van der Waals surface area contributed by atoms with Gasteiger partial charge in [-0.05, 0) is 61.2 Å². The van der Waals surface area contributed by atoms with Crippen LogP contribution in [0.25, 0.3) is 27.8 Å². The Hall–Kier alpha value is -4.10. The molecule has 1 saturated heterocycles. The molecule has 0 atom stereocenters. The van der Waals surface area contributed by atoms with Crippen LogP contribution in [-0.4, -0.2) is 33.0 Å². The first-order chi connectivity index (χ1) is 19.0. The molecule has 1 aliphatic rings. The minimum Gasteiger partial charge on any atom is -0.398 e. The fraction of sp³-hybridized carbons (Fsp3) is 0.281. The van der Waals surface area contributed by atoms with Gasteiger partial charge in [-0.25, -0.2) is 0 Å². The van der Waals surface area contributed by atoms with E-state index in [1.807, 2.05) is 56.3 Å². The molecule has 2 N–H and O–H groups in total.